The zero-order chi connectivity index (χ0) is 19.9. The Hall–Kier alpha value is -2.38. The van der Waals surface area contributed by atoms with Crippen LogP contribution >= 0.6 is 0 Å². The zero-order valence-corrected chi connectivity index (χ0v) is 17.1. The van der Waals surface area contributed by atoms with Crippen molar-refractivity contribution in [1.29, 1.82) is 0 Å². The number of guanidine groups is 1. The summed E-state index contributed by atoms with van der Waals surface area (Å²) < 4.78 is 28.7. The molecule has 2 aromatic carbocycles. The Bertz CT molecular complexity index is 908. The molecule has 27 heavy (non-hydrogen) atoms. The second kappa shape index (κ2) is 9.53. The highest BCUT2D eigenvalue weighted by Gasteiger charge is 2.11. The Morgan fingerprint density at radius 1 is 1.07 bits per heavy atom. The molecular formula is C20H27N3O3S. The highest BCUT2D eigenvalue weighted by atomic mass is 32.2. The second-order valence-electron chi connectivity index (χ2n) is 6.35. The summed E-state index contributed by atoms with van der Waals surface area (Å²) in [5, 5.41) is 6.54. The molecule has 0 heterocycles. The molecule has 0 radical (unpaired) electrons. The van der Waals surface area contributed by atoms with Crippen LogP contribution in [0.4, 0.5) is 0 Å². The first-order valence-corrected chi connectivity index (χ1v) is 10.5. The second-order valence-corrected chi connectivity index (χ2v) is 8.34. The van der Waals surface area contributed by atoms with Crippen molar-refractivity contribution in [2.75, 3.05) is 20.4 Å². The lowest BCUT2D eigenvalue weighted by Gasteiger charge is -2.14. The minimum absolute atomic E-state index is 0.364. The van der Waals surface area contributed by atoms with Crippen molar-refractivity contribution >= 4 is 15.8 Å². The SMILES string of the molecule is CN=C(NCc1ccc(S(C)(=O)=O)c(C)c1)NCc1ccccc1COC. The molecule has 0 amide bonds. The molecule has 2 rings (SSSR count). The number of aliphatic imine (C=N–C) groups is 1. The van der Waals surface area contributed by atoms with Gasteiger partial charge in [0.15, 0.2) is 15.8 Å². The predicted octanol–water partition coefficient (Wildman–Crippen LogP) is 2.41. The summed E-state index contributed by atoms with van der Waals surface area (Å²) >= 11 is 0. The largest absolute Gasteiger partial charge is 0.380 e. The van der Waals surface area contributed by atoms with E-state index in [0.29, 0.717) is 30.6 Å². The molecule has 0 atom stereocenters. The quantitative estimate of drug-likeness (QED) is 0.562. The van der Waals surface area contributed by atoms with E-state index >= 15 is 0 Å². The molecule has 2 N–H and O–H groups in total. The van der Waals surface area contributed by atoms with Crippen LogP contribution in [0, 0.1) is 6.92 Å². The van der Waals surface area contributed by atoms with Crippen LogP contribution in [0.25, 0.3) is 0 Å². The molecule has 7 heteroatoms. The van der Waals surface area contributed by atoms with Gasteiger partial charge in [0, 0.05) is 33.5 Å². The van der Waals surface area contributed by atoms with Gasteiger partial charge in [0.25, 0.3) is 0 Å². The number of aryl methyl sites for hydroxylation is 1. The number of nitrogens with one attached hydrogen (secondary N) is 2. The first-order valence-electron chi connectivity index (χ1n) is 8.65. The van der Waals surface area contributed by atoms with Crippen LogP contribution in [-0.2, 0) is 34.3 Å². The average Bonchev–Trinajstić information content (AvgIpc) is 2.62. The van der Waals surface area contributed by atoms with Crippen LogP contribution in [0.5, 0.6) is 0 Å². The summed E-state index contributed by atoms with van der Waals surface area (Å²) in [6.45, 7) is 3.55. The van der Waals surface area contributed by atoms with Gasteiger partial charge in [-0.15, -0.1) is 0 Å². The summed E-state index contributed by atoms with van der Waals surface area (Å²) in [5.74, 6) is 0.673. The molecule has 0 aliphatic heterocycles. The van der Waals surface area contributed by atoms with E-state index in [1.807, 2.05) is 30.3 Å². The average molecular weight is 390 g/mol. The Morgan fingerprint density at radius 3 is 2.33 bits per heavy atom. The van der Waals surface area contributed by atoms with Gasteiger partial charge in [-0.3, -0.25) is 4.99 Å². The van der Waals surface area contributed by atoms with Crippen molar-refractivity contribution in [1.82, 2.24) is 10.6 Å². The summed E-state index contributed by atoms with van der Waals surface area (Å²) in [7, 11) is 0.198. The Labute approximate surface area is 161 Å². The van der Waals surface area contributed by atoms with E-state index in [0.717, 1.165) is 22.3 Å². The molecular weight excluding hydrogens is 362 g/mol. The van der Waals surface area contributed by atoms with Gasteiger partial charge in [-0.25, -0.2) is 8.42 Å². The maximum Gasteiger partial charge on any atom is 0.191 e. The van der Waals surface area contributed by atoms with E-state index in [1.54, 1.807) is 27.1 Å². The maximum atomic E-state index is 11.7. The summed E-state index contributed by atoms with van der Waals surface area (Å²) in [6, 6.07) is 13.4. The van der Waals surface area contributed by atoms with E-state index in [-0.39, 0.29) is 0 Å². The number of sulfone groups is 1. The number of benzene rings is 2. The van der Waals surface area contributed by atoms with Gasteiger partial charge < -0.3 is 15.4 Å². The number of rotatable bonds is 7. The van der Waals surface area contributed by atoms with Crippen molar-refractivity contribution in [2.24, 2.45) is 4.99 Å². The van der Waals surface area contributed by atoms with Crippen molar-refractivity contribution in [3.05, 3.63) is 64.7 Å². The van der Waals surface area contributed by atoms with Crippen molar-refractivity contribution in [3.63, 3.8) is 0 Å². The number of hydrogen-bond donors (Lipinski definition) is 2. The van der Waals surface area contributed by atoms with Crippen LogP contribution in [0.1, 0.15) is 22.3 Å². The number of methoxy groups -OCH3 is 1. The number of ether oxygens (including phenoxy) is 1. The fourth-order valence-corrected chi connectivity index (χ4v) is 3.81. The minimum atomic E-state index is -3.20. The van der Waals surface area contributed by atoms with E-state index < -0.39 is 9.84 Å². The van der Waals surface area contributed by atoms with E-state index in [2.05, 4.69) is 21.7 Å². The smallest absolute Gasteiger partial charge is 0.191 e. The standard InChI is InChI=1S/C20H27N3O3S/c1-15-11-16(9-10-19(15)27(4,24)25)12-22-20(21-2)23-13-17-7-5-6-8-18(17)14-26-3/h5-11H,12-14H2,1-4H3,(H2,21,22,23). The third-order valence-electron chi connectivity index (χ3n) is 4.19. The fraction of sp³-hybridized carbons (Fsp3) is 0.350. The Morgan fingerprint density at radius 2 is 1.74 bits per heavy atom. The molecule has 0 aromatic heterocycles. The van der Waals surface area contributed by atoms with E-state index in [9.17, 15) is 8.42 Å². The van der Waals surface area contributed by atoms with Gasteiger partial charge in [0.1, 0.15) is 0 Å². The molecule has 0 unspecified atom stereocenters. The number of hydrogen-bond acceptors (Lipinski definition) is 4. The molecule has 2 aromatic rings. The molecule has 0 aliphatic carbocycles. The maximum absolute atomic E-state index is 11.7. The van der Waals surface area contributed by atoms with Gasteiger partial charge in [0.05, 0.1) is 11.5 Å². The third-order valence-corrected chi connectivity index (χ3v) is 5.44. The molecule has 0 saturated heterocycles. The predicted molar refractivity (Wildman–Crippen MR) is 108 cm³/mol. The first-order chi connectivity index (χ1) is 12.8. The van der Waals surface area contributed by atoms with Crippen molar-refractivity contribution < 1.29 is 13.2 Å². The van der Waals surface area contributed by atoms with Gasteiger partial charge in [-0.2, -0.15) is 0 Å². The summed E-state index contributed by atoms with van der Waals surface area (Å²) in [4.78, 5) is 4.60. The zero-order valence-electron chi connectivity index (χ0n) is 16.2. The topological polar surface area (TPSA) is 79.8 Å². The normalized spacial score (nSPS) is 12.1. The highest BCUT2D eigenvalue weighted by Crippen LogP contribution is 2.16. The van der Waals surface area contributed by atoms with E-state index in [1.165, 1.54) is 6.26 Å². The molecule has 6 nitrogen and oxygen atoms in total. The van der Waals surface area contributed by atoms with Crippen LogP contribution in [0.3, 0.4) is 0 Å². The number of nitrogens with zero attached hydrogens (tertiary/aromatic N) is 1. The van der Waals surface area contributed by atoms with Gasteiger partial charge >= 0.3 is 0 Å². The molecule has 0 saturated carbocycles. The molecule has 0 aliphatic rings. The monoisotopic (exact) mass is 389 g/mol. The van der Waals surface area contributed by atoms with Gasteiger partial charge in [0.2, 0.25) is 0 Å². The van der Waals surface area contributed by atoms with Gasteiger partial charge in [-0.05, 0) is 35.2 Å². The lowest BCUT2D eigenvalue weighted by molar-refractivity contribution is 0.184. The third kappa shape index (κ3) is 6.08. The lowest BCUT2D eigenvalue weighted by Crippen LogP contribution is -2.36. The lowest BCUT2D eigenvalue weighted by atomic mass is 10.1. The van der Waals surface area contributed by atoms with Crippen LogP contribution in [-0.4, -0.2) is 34.8 Å². The summed E-state index contributed by atoms with van der Waals surface area (Å²) in [6.07, 6.45) is 1.22. The van der Waals surface area contributed by atoms with E-state index in [4.69, 9.17) is 4.74 Å². The summed E-state index contributed by atoms with van der Waals surface area (Å²) in [5.41, 5.74) is 4.02. The van der Waals surface area contributed by atoms with Crippen molar-refractivity contribution in [3.8, 4) is 0 Å². The minimum Gasteiger partial charge on any atom is -0.380 e. The van der Waals surface area contributed by atoms with Gasteiger partial charge in [-0.1, -0.05) is 36.4 Å². The highest BCUT2D eigenvalue weighted by molar-refractivity contribution is 7.90. The Kier molecular flexibility index (Phi) is 7.38. The van der Waals surface area contributed by atoms with Crippen LogP contribution in [0.2, 0.25) is 0 Å². The van der Waals surface area contributed by atoms with Crippen LogP contribution in [0.15, 0.2) is 52.4 Å². The molecule has 0 spiro atoms. The molecule has 0 fully saturated rings. The molecule has 0 bridgehead atoms. The first kappa shape index (κ1) is 20.9. The fourth-order valence-electron chi connectivity index (χ4n) is 2.85. The molecule has 146 valence electrons. The van der Waals surface area contributed by atoms with Crippen molar-refractivity contribution in [2.45, 2.75) is 31.5 Å². The Balaban J connectivity index is 1.98. The van der Waals surface area contributed by atoms with Crippen LogP contribution < -0.4 is 10.6 Å².